The fourth-order valence-electron chi connectivity index (χ4n) is 4.81. The number of nitrogens with one attached hydrogen (secondary N) is 1. The highest BCUT2D eigenvalue weighted by molar-refractivity contribution is 5.90. The van der Waals surface area contributed by atoms with E-state index < -0.39 is 28.9 Å². The molecule has 13 nitrogen and oxygen atoms in total. The van der Waals surface area contributed by atoms with Gasteiger partial charge in [0.15, 0.2) is 11.2 Å². The maximum Gasteiger partial charge on any atom is 0.407 e. The van der Waals surface area contributed by atoms with Gasteiger partial charge in [0.2, 0.25) is 5.95 Å². The zero-order chi connectivity index (χ0) is 29.9. The first kappa shape index (κ1) is 29.4. The predicted molar refractivity (Wildman–Crippen MR) is 152 cm³/mol. The number of aromatic nitrogens is 5. The number of amides is 1. The van der Waals surface area contributed by atoms with Crippen molar-refractivity contribution in [2.45, 2.75) is 65.3 Å². The highest BCUT2D eigenvalue weighted by Gasteiger charge is 2.29. The van der Waals surface area contributed by atoms with Crippen molar-refractivity contribution < 1.29 is 19.1 Å². The van der Waals surface area contributed by atoms with E-state index in [-0.39, 0.29) is 41.6 Å². The van der Waals surface area contributed by atoms with E-state index in [0.29, 0.717) is 19.0 Å². The largest absolute Gasteiger partial charge is 0.465 e. The average molecular weight is 566 g/mol. The van der Waals surface area contributed by atoms with Crippen molar-refractivity contribution in [3.63, 3.8) is 0 Å². The first-order valence-corrected chi connectivity index (χ1v) is 13.3. The Morgan fingerprint density at radius 1 is 1.22 bits per heavy atom. The summed E-state index contributed by atoms with van der Waals surface area (Å²) in [7, 11) is 2.79. The van der Waals surface area contributed by atoms with Gasteiger partial charge in [-0.15, -0.1) is 5.92 Å². The lowest BCUT2D eigenvalue weighted by Gasteiger charge is -2.34. The van der Waals surface area contributed by atoms with Crippen molar-refractivity contribution in [1.29, 1.82) is 0 Å². The third-order valence-electron chi connectivity index (χ3n) is 6.65. The van der Waals surface area contributed by atoms with Gasteiger partial charge >= 0.3 is 17.8 Å². The van der Waals surface area contributed by atoms with E-state index in [4.69, 9.17) is 14.5 Å². The summed E-state index contributed by atoms with van der Waals surface area (Å²) >= 11 is 0. The Kier molecular flexibility index (Phi) is 8.51. The van der Waals surface area contributed by atoms with Crippen molar-refractivity contribution in [2.24, 2.45) is 7.05 Å². The van der Waals surface area contributed by atoms with Crippen LogP contribution >= 0.6 is 0 Å². The van der Waals surface area contributed by atoms with E-state index in [2.05, 4.69) is 22.1 Å². The minimum absolute atomic E-state index is 0.159. The Morgan fingerprint density at radius 3 is 2.66 bits per heavy atom. The number of rotatable bonds is 6. The molecule has 13 heteroatoms. The van der Waals surface area contributed by atoms with Crippen LogP contribution in [-0.4, -0.2) is 67.6 Å². The zero-order valence-electron chi connectivity index (χ0n) is 24.2. The lowest BCUT2D eigenvalue weighted by atomic mass is 10.1. The number of hydrogen-bond donors (Lipinski definition) is 1. The molecule has 41 heavy (non-hydrogen) atoms. The molecular formula is C28H35N7O6. The summed E-state index contributed by atoms with van der Waals surface area (Å²) < 4.78 is 14.3. The number of imidazole rings is 1. The molecule has 0 spiro atoms. The van der Waals surface area contributed by atoms with Gasteiger partial charge in [-0.05, 0) is 52.7 Å². The zero-order valence-corrected chi connectivity index (χ0v) is 24.2. The first-order chi connectivity index (χ1) is 19.4. The molecule has 1 unspecified atom stereocenters. The second-order valence-corrected chi connectivity index (χ2v) is 10.8. The van der Waals surface area contributed by atoms with Crippen LogP contribution in [-0.2, 0) is 29.6 Å². The van der Waals surface area contributed by atoms with Gasteiger partial charge in [-0.25, -0.2) is 14.4 Å². The van der Waals surface area contributed by atoms with Gasteiger partial charge < -0.3 is 19.7 Å². The van der Waals surface area contributed by atoms with Crippen molar-refractivity contribution in [1.82, 2.24) is 29.0 Å². The number of nitrogens with zero attached hydrogens (tertiary/aromatic N) is 6. The molecule has 4 rings (SSSR count). The Balaban J connectivity index is 1.78. The molecular weight excluding hydrogens is 530 g/mol. The summed E-state index contributed by atoms with van der Waals surface area (Å²) in [5.74, 6) is 5.70. The highest BCUT2D eigenvalue weighted by Crippen LogP contribution is 2.24. The average Bonchev–Trinajstić information content (AvgIpc) is 3.31. The highest BCUT2D eigenvalue weighted by atomic mass is 16.6. The number of carbonyl (C=O) groups is 2. The van der Waals surface area contributed by atoms with Crippen LogP contribution in [0.25, 0.3) is 11.2 Å². The summed E-state index contributed by atoms with van der Waals surface area (Å²) in [6, 6.07) is 2.90. The Labute approximate surface area is 237 Å². The number of esters is 1. The Morgan fingerprint density at radius 2 is 1.98 bits per heavy atom. The summed E-state index contributed by atoms with van der Waals surface area (Å²) in [5, 5.41) is 2.93. The van der Waals surface area contributed by atoms with Crippen LogP contribution in [0.5, 0.6) is 0 Å². The van der Waals surface area contributed by atoms with Crippen molar-refractivity contribution in [3.05, 3.63) is 50.4 Å². The van der Waals surface area contributed by atoms with Crippen LogP contribution in [0.3, 0.4) is 0 Å². The number of carbonyl (C=O) groups excluding carboxylic acids is 2. The Bertz CT molecular complexity index is 1650. The van der Waals surface area contributed by atoms with Crippen molar-refractivity contribution in [3.8, 4) is 11.8 Å². The summed E-state index contributed by atoms with van der Waals surface area (Å²) in [5.41, 5.74) is -1.02. The molecule has 0 aromatic carbocycles. The lowest BCUT2D eigenvalue weighted by Crippen LogP contribution is -2.49. The summed E-state index contributed by atoms with van der Waals surface area (Å²) in [6.07, 6.45) is 2.50. The molecule has 1 fully saturated rings. The molecule has 1 aliphatic heterocycles. The second-order valence-electron chi connectivity index (χ2n) is 10.8. The van der Waals surface area contributed by atoms with Crippen LogP contribution in [0.15, 0.2) is 27.9 Å². The molecule has 1 aliphatic rings. The normalized spacial score (nSPS) is 15.3. The van der Waals surface area contributed by atoms with Crippen LogP contribution in [0, 0.1) is 11.8 Å². The smallest absolute Gasteiger partial charge is 0.407 e. The first-order valence-electron chi connectivity index (χ1n) is 13.3. The monoisotopic (exact) mass is 565 g/mol. The minimum Gasteiger partial charge on any atom is -0.465 e. The predicted octanol–water partition coefficient (Wildman–Crippen LogP) is 1.64. The molecule has 1 N–H and O–H groups in total. The summed E-state index contributed by atoms with van der Waals surface area (Å²) in [6.45, 7) is 8.10. The SMILES string of the molecule is CC#CCn1c(N2CCCC(NC(=O)OC(C)(C)C)C2)nc2c1c(=O)n(Cc1ncccc1C(=O)OC)c(=O)n2C. The number of fused-ring (bicyclic) bond motifs is 1. The lowest BCUT2D eigenvalue weighted by molar-refractivity contribution is 0.0498. The molecule has 0 aliphatic carbocycles. The fraction of sp³-hybridized carbons (Fsp3) is 0.500. The maximum absolute atomic E-state index is 13.9. The standard InChI is InChI=1S/C28H35N7O6/c1-7-8-15-34-21-22(31-25(34)33-14-10-11-18(16-33)30-26(38)41-28(2,3)4)32(5)27(39)35(23(21)36)17-20-19(24(37)40-6)12-9-13-29-20/h9,12-13,18H,10-11,14-17H2,1-6H3,(H,30,38). The van der Waals surface area contributed by atoms with E-state index in [1.165, 1.54) is 31.0 Å². The molecule has 1 atom stereocenters. The number of pyridine rings is 1. The quantitative estimate of drug-likeness (QED) is 0.349. The molecule has 0 radical (unpaired) electrons. The van der Waals surface area contributed by atoms with Crippen molar-refractivity contribution >= 4 is 29.2 Å². The third-order valence-corrected chi connectivity index (χ3v) is 6.65. The minimum atomic E-state index is -0.622. The fourth-order valence-corrected chi connectivity index (χ4v) is 4.81. The van der Waals surface area contributed by atoms with Gasteiger partial charge in [-0.1, -0.05) is 5.92 Å². The van der Waals surface area contributed by atoms with Crippen LogP contribution in [0.1, 0.15) is 56.6 Å². The van der Waals surface area contributed by atoms with Crippen LogP contribution in [0.2, 0.25) is 0 Å². The molecule has 1 amide bonds. The van der Waals surface area contributed by atoms with E-state index in [0.717, 1.165) is 17.4 Å². The molecule has 4 heterocycles. The molecule has 0 saturated carbocycles. The van der Waals surface area contributed by atoms with E-state index in [1.807, 2.05) is 4.90 Å². The number of ether oxygens (including phenoxy) is 2. The van der Waals surface area contributed by atoms with Crippen molar-refractivity contribution in [2.75, 3.05) is 25.1 Å². The molecule has 0 bridgehead atoms. The number of alkyl carbamates (subject to hydrolysis) is 1. The van der Waals surface area contributed by atoms with E-state index >= 15 is 0 Å². The third kappa shape index (κ3) is 6.26. The van der Waals surface area contributed by atoms with Gasteiger partial charge in [0, 0.05) is 32.4 Å². The summed E-state index contributed by atoms with van der Waals surface area (Å²) in [4.78, 5) is 62.9. The maximum atomic E-state index is 13.9. The second kappa shape index (κ2) is 11.9. The van der Waals surface area contributed by atoms with Crippen LogP contribution < -0.4 is 21.5 Å². The number of piperidine rings is 1. The topological polar surface area (TPSA) is 143 Å². The van der Waals surface area contributed by atoms with Gasteiger partial charge in [0.05, 0.1) is 31.5 Å². The van der Waals surface area contributed by atoms with Crippen LogP contribution in [0.4, 0.5) is 10.7 Å². The van der Waals surface area contributed by atoms with Gasteiger partial charge in [0.25, 0.3) is 5.56 Å². The number of anilines is 1. The van der Waals surface area contributed by atoms with Gasteiger partial charge in [-0.3, -0.25) is 23.5 Å². The van der Waals surface area contributed by atoms with E-state index in [1.54, 1.807) is 38.3 Å². The Hall–Kier alpha value is -4.60. The number of aryl methyl sites for hydroxylation is 1. The van der Waals surface area contributed by atoms with Gasteiger partial charge in [-0.2, -0.15) is 4.98 Å². The molecule has 3 aromatic heterocycles. The van der Waals surface area contributed by atoms with Gasteiger partial charge in [0.1, 0.15) is 5.60 Å². The van der Waals surface area contributed by atoms with E-state index in [9.17, 15) is 19.2 Å². The molecule has 218 valence electrons. The molecule has 3 aromatic rings. The number of methoxy groups -OCH3 is 1. The number of hydrogen-bond acceptors (Lipinski definition) is 9. The molecule has 1 saturated heterocycles.